The summed E-state index contributed by atoms with van der Waals surface area (Å²) < 4.78 is 5.43. The number of nitrogens with zero attached hydrogens (tertiary/aromatic N) is 1. The normalized spacial score (nSPS) is 21.9. The topological polar surface area (TPSA) is 58.6 Å². The Kier molecular flexibility index (Phi) is 4.52. The van der Waals surface area contributed by atoms with Gasteiger partial charge in [0.2, 0.25) is 5.91 Å². The molecule has 0 radical (unpaired) electrons. The van der Waals surface area contributed by atoms with E-state index in [9.17, 15) is 9.59 Å². The SMILES string of the molecule is CC(C)(C)OC(=O)N1CCC([C@@H]2Cc3ccccc3NC2=O)CC1. The minimum absolute atomic E-state index is 0.000636. The van der Waals surface area contributed by atoms with E-state index in [2.05, 4.69) is 11.4 Å². The van der Waals surface area contributed by atoms with Crippen LogP contribution in [0, 0.1) is 11.8 Å². The Morgan fingerprint density at radius 3 is 2.54 bits per heavy atom. The van der Waals surface area contributed by atoms with Crippen molar-refractivity contribution in [3.8, 4) is 0 Å². The van der Waals surface area contributed by atoms with Crippen LogP contribution in [0.4, 0.5) is 10.5 Å². The first-order chi connectivity index (χ1) is 11.3. The Labute approximate surface area is 143 Å². The van der Waals surface area contributed by atoms with Gasteiger partial charge in [-0.3, -0.25) is 4.79 Å². The zero-order valence-corrected chi connectivity index (χ0v) is 14.7. The van der Waals surface area contributed by atoms with Crippen molar-refractivity contribution in [1.29, 1.82) is 0 Å². The summed E-state index contributed by atoms with van der Waals surface area (Å²) in [7, 11) is 0. The molecule has 1 N–H and O–H groups in total. The van der Waals surface area contributed by atoms with Gasteiger partial charge in [0.05, 0.1) is 0 Å². The van der Waals surface area contributed by atoms with Crippen LogP contribution in [0.1, 0.15) is 39.2 Å². The first-order valence-corrected chi connectivity index (χ1v) is 8.70. The third-order valence-corrected chi connectivity index (χ3v) is 4.81. The summed E-state index contributed by atoms with van der Waals surface area (Å²) in [4.78, 5) is 26.4. The number of benzene rings is 1. The highest BCUT2D eigenvalue weighted by Crippen LogP contribution is 2.34. The van der Waals surface area contributed by atoms with Crippen molar-refractivity contribution in [1.82, 2.24) is 4.90 Å². The van der Waals surface area contributed by atoms with Crippen molar-refractivity contribution in [2.45, 2.75) is 45.6 Å². The van der Waals surface area contributed by atoms with Crippen LogP contribution in [0.3, 0.4) is 0 Å². The molecule has 0 spiro atoms. The number of piperidine rings is 1. The molecule has 1 aromatic rings. The Morgan fingerprint density at radius 1 is 1.21 bits per heavy atom. The van der Waals surface area contributed by atoms with Gasteiger partial charge in [0.1, 0.15) is 5.60 Å². The summed E-state index contributed by atoms with van der Waals surface area (Å²) in [5.41, 5.74) is 1.67. The summed E-state index contributed by atoms with van der Waals surface area (Å²) in [5.74, 6) is 0.433. The van der Waals surface area contributed by atoms with Crippen LogP contribution in [0.15, 0.2) is 24.3 Å². The Bertz CT molecular complexity index is 628. The zero-order valence-electron chi connectivity index (χ0n) is 14.7. The lowest BCUT2D eigenvalue weighted by molar-refractivity contribution is -0.122. The second-order valence-electron chi connectivity index (χ2n) is 7.76. The Morgan fingerprint density at radius 2 is 1.88 bits per heavy atom. The van der Waals surface area contributed by atoms with Crippen molar-refractivity contribution in [3.05, 3.63) is 29.8 Å². The van der Waals surface area contributed by atoms with E-state index in [1.165, 1.54) is 5.56 Å². The van der Waals surface area contributed by atoms with Gasteiger partial charge in [-0.05, 0) is 57.6 Å². The molecule has 1 saturated heterocycles. The lowest BCUT2D eigenvalue weighted by Crippen LogP contribution is -2.45. The standard InChI is InChI=1S/C19H26N2O3/c1-19(2,3)24-18(23)21-10-8-13(9-11-21)15-12-14-6-4-5-7-16(14)20-17(15)22/h4-7,13,15H,8-12H2,1-3H3,(H,20,22)/t15-/m0/s1. The average molecular weight is 330 g/mol. The minimum atomic E-state index is -0.471. The molecule has 2 aliphatic rings. The summed E-state index contributed by atoms with van der Waals surface area (Å²) >= 11 is 0. The van der Waals surface area contributed by atoms with E-state index in [1.54, 1.807) is 4.90 Å². The van der Waals surface area contributed by atoms with Gasteiger partial charge in [-0.15, -0.1) is 0 Å². The van der Waals surface area contributed by atoms with Gasteiger partial charge in [-0.2, -0.15) is 0 Å². The monoisotopic (exact) mass is 330 g/mol. The molecule has 0 aromatic heterocycles. The molecule has 2 amide bonds. The number of para-hydroxylation sites is 1. The predicted octanol–water partition coefficient (Wildman–Crippen LogP) is 3.44. The molecule has 0 unspecified atom stereocenters. The highest BCUT2D eigenvalue weighted by Gasteiger charge is 2.36. The van der Waals surface area contributed by atoms with Gasteiger partial charge in [0.25, 0.3) is 0 Å². The third kappa shape index (κ3) is 3.71. The van der Waals surface area contributed by atoms with Crippen molar-refractivity contribution in [2.75, 3.05) is 18.4 Å². The molecule has 130 valence electrons. The third-order valence-electron chi connectivity index (χ3n) is 4.81. The van der Waals surface area contributed by atoms with Crippen LogP contribution in [-0.2, 0) is 16.0 Å². The molecule has 1 fully saturated rings. The number of carbonyl (C=O) groups is 2. The quantitative estimate of drug-likeness (QED) is 0.858. The van der Waals surface area contributed by atoms with Gasteiger partial charge in [0, 0.05) is 24.7 Å². The van der Waals surface area contributed by atoms with E-state index in [-0.39, 0.29) is 17.9 Å². The van der Waals surface area contributed by atoms with Gasteiger partial charge in [-0.25, -0.2) is 4.79 Å². The van der Waals surface area contributed by atoms with Gasteiger partial charge in [0.15, 0.2) is 0 Å². The van der Waals surface area contributed by atoms with E-state index < -0.39 is 5.60 Å². The van der Waals surface area contributed by atoms with Crippen molar-refractivity contribution >= 4 is 17.7 Å². The molecule has 0 bridgehead atoms. The van der Waals surface area contributed by atoms with Crippen LogP contribution in [0.25, 0.3) is 0 Å². The summed E-state index contributed by atoms with van der Waals surface area (Å²) in [6, 6.07) is 7.99. The fourth-order valence-corrected chi connectivity index (χ4v) is 3.57. The number of nitrogens with one attached hydrogen (secondary N) is 1. The minimum Gasteiger partial charge on any atom is -0.444 e. The molecular formula is C19H26N2O3. The maximum Gasteiger partial charge on any atom is 0.410 e. The highest BCUT2D eigenvalue weighted by molar-refractivity contribution is 5.95. The predicted molar refractivity (Wildman–Crippen MR) is 92.8 cm³/mol. The van der Waals surface area contributed by atoms with Gasteiger partial charge in [-0.1, -0.05) is 18.2 Å². The number of rotatable bonds is 1. The van der Waals surface area contributed by atoms with E-state index in [0.29, 0.717) is 19.0 Å². The van der Waals surface area contributed by atoms with E-state index in [1.807, 2.05) is 39.0 Å². The molecule has 2 aliphatic heterocycles. The van der Waals surface area contributed by atoms with Crippen molar-refractivity contribution in [3.63, 3.8) is 0 Å². The van der Waals surface area contributed by atoms with Crippen LogP contribution in [-0.4, -0.2) is 35.6 Å². The van der Waals surface area contributed by atoms with Crippen LogP contribution in [0.2, 0.25) is 0 Å². The maximum absolute atomic E-state index is 12.4. The lowest BCUT2D eigenvalue weighted by Gasteiger charge is -2.37. The molecule has 2 heterocycles. The maximum atomic E-state index is 12.4. The molecule has 5 heteroatoms. The largest absolute Gasteiger partial charge is 0.444 e. The van der Waals surface area contributed by atoms with E-state index >= 15 is 0 Å². The molecule has 1 atom stereocenters. The highest BCUT2D eigenvalue weighted by atomic mass is 16.6. The van der Waals surface area contributed by atoms with Crippen LogP contribution >= 0.6 is 0 Å². The number of fused-ring (bicyclic) bond motifs is 1. The Hall–Kier alpha value is -2.04. The molecule has 24 heavy (non-hydrogen) atoms. The summed E-state index contributed by atoms with van der Waals surface area (Å²) in [6.07, 6.45) is 2.23. The van der Waals surface area contributed by atoms with Crippen molar-refractivity contribution in [2.24, 2.45) is 11.8 Å². The molecule has 3 rings (SSSR count). The molecule has 0 aliphatic carbocycles. The molecule has 5 nitrogen and oxygen atoms in total. The smallest absolute Gasteiger partial charge is 0.410 e. The van der Waals surface area contributed by atoms with E-state index in [0.717, 1.165) is 24.9 Å². The fraction of sp³-hybridized carbons (Fsp3) is 0.579. The fourth-order valence-electron chi connectivity index (χ4n) is 3.57. The number of hydrogen-bond acceptors (Lipinski definition) is 3. The number of anilines is 1. The first-order valence-electron chi connectivity index (χ1n) is 8.70. The number of ether oxygens (including phenoxy) is 1. The Balaban J connectivity index is 1.59. The lowest BCUT2D eigenvalue weighted by atomic mass is 9.78. The first kappa shape index (κ1) is 16.8. The van der Waals surface area contributed by atoms with Crippen LogP contribution < -0.4 is 5.32 Å². The molecule has 1 aromatic carbocycles. The number of likely N-dealkylation sites (tertiary alicyclic amines) is 1. The summed E-state index contributed by atoms with van der Waals surface area (Å²) in [5, 5.41) is 3.03. The average Bonchev–Trinajstić information content (AvgIpc) is 2.53. The van der Waals surface area contributed by atoms with Gasteiger partial charge < -0.3 is 15.0 Å². The molecule has 0 saturated carbocycles. The second kappa shape index (κ2) is 6.46. The van der Waals surface area contributed by atoms with E-state index in [4.69, 9.17) is 4.74 Å². The number of hydrogen-bond donors (Lipinski definition) is 1. The second-order valence-corrected chi connectivity index (χ2v) is 7.76. The van der Waals surface area contributed by atoms with Crippen LogP contribution in [0.5, 0.6) is 0 Å². The summed E-state index contributed by atoms with van der Waals surface area (Å²) in [6.45, 7) is 6.94. The number of carbonyl (C=O) groups excluding carboxylic acids is 2. The van der Waals surface area contributed by atoms with Gasteiger partial charge >= 0.3 is 6.09 Å². The number of amides is 2. The zero-order chi connectivity index (χ0) is 17.3. The van der Waals surface area contributed by atoms with Crippen molar-refractivity contribution < 1.29 is 14.3 Å². The molecular weight excluding hydrogens is 304 g/mol.